The highest BCUT2D eigenvalue weighted by atomic mass is 79.9. The van der Waals surface area contributed by atoms with Crippen LogP contribution in [0, 0.1) is 0 Å². The fourth-order valence-corrected chi connectivity index (χ4v) is 3.62. The average molecular weight is 427 g/mol. The van der Waals surface area contributed by atoms with Crippen molar-refractivity contribution in [2.24, 2.45) is 0 Å². The number of benzene rings is 1. The Morgan fingerprint density at radius 1 is 1.32 bits per heavy atom. The largest absolute Gasteiger partial charge is 0.496 e. The lowest BCUT2D eigenvalue weighted by Gasteiger charge is -2.21. The van der Waals surface area contributed by atoms with Crippen molar-refractivity contribution in [1.29, 1.82) is 0 Å². The zero-order chi connectivity index (χ0) is 18.6. The van der Waals surface area contributed by atoms with Crippen LogP contribution in [0.25, 0.3) is 6.08 Å². The first-order valence-corrected chi connectivity index (χ1v) is 9.38. The van der Waals surface area contributed by atoms with Crippen LogP contribution in [0.4, 0.5) is 4.79 Å². The standard InChI is InChI=1S/C17H19BrN2O4S/c1-4-19(5-2)15(21)10-20-16(22)14(25-17(20)23)9-11-8-12(18)6-7-13(11)24-3/h6-9H,4-5,10H2,1-3H3/b14-9-. The molecular formula is C17H19BrN2O4S. The highest BCUT2D eigenvalue weighted by Crippen LogP contribution is 2.34. The van der Waals surface area contributed by atoms with E-state index in [1.165, 1.54) is 7.11 Å². The molecule has 0 N–H and O–H groups in total. The van der Waals surface area contributed by atoms with Gasteiger partial charge in [-0.1, -0.05) is 15.9 Å². The van der Waals surface area contributed by atoms with E-state index in [0.717, 1.165) is 21.1 Å². The quantitative estimate of drug-likeness (QED) is 0.652. The summed E-state index contributed by atoms with van der Waals surface area (Å²) in [5.41, 5.74) is 0.678. The Labute approximate surface area is 159 Å². The molecule has 2 rings (SSSR count). The summed E-state index contributed by atoms with van der Waals surface area (Å²) in [6.07, 6.45) is 1.61. The number of thioether (sulfide) groups is 1. The van der Waals surface area contributed by atoms with Crippen molar-refractivity contribution in [3.05, 3.63) is 33.1 Å². The van der Waals surface area contributed by atoms with E-state index in [4.69, 9.17) is 4.74 Å². The lowest BCUT2D eigenvalue weighted by molar-refractivity contribution is -0.135. The molecule has 0 spiro atoms. The molecule has 0 aromatic heterocycles. The maximum Gasteiger partial charge on any atom is 0.294 e. The fourth-order valence-electron chi connectivity index (χ4n) is 2.41. The Hall–Kier alpha value is -1.80. The number of rotatable bonds is 6. The highest BCUT2D eigenvalue weighted by Gasteiger charge is 2.37. The number of amides is 3. The van der Waals surface area contributed by atoms with Gasteiger partial charge in [-0.25, -0.2) is 0 Å². The zero-order valence-electron chi connectivity index (χ0n) is 14.2. The summed E-state index contributed by atoms with van der Waals surface area (Å²) < 4.78 is 6.11. The summed E-state index contributed by atoms with van der Waals surface area (Å²) in [6, 6.07) is 5.39. The van der Waals surface area contributed by atoms with Crippen LogP contribution in [-0.4, -0.2) is 53.6 Å². The minimum Gasteiger partial charge on any atom is -0.496 e. The van der Waals surface area contributed by atoms with Crippen LogP contribution in [0.2, 0.25) is 0 Å². The molecular weight excluding hydrogens is 408 g/mol. The molecule has 8 heteroatoms. The Morgan fingerprint density at radius 2 is 2.00 bits per heavy atom. The summed E-state index contributed by atoms with van der Waals surface area (Å²) in [6.45, 7) is 4.55. The number of nitrogens with zero attached hydrogens (tertiary/aromatic N) is 2. The van der Waals surface area contributed by atoms with Gasteiger partial charge in [-0.15, -0.1) is 0 Å². The van der Waals surface area contributed by atoms with Gasteiger partial charge >= 0.3 is 0 Å². The van der Waals surface area contributed by atoms with Crippen molar-refractivity contribution in [1.82, 2.24) is 9.80 Å². The summed E-state index contributed by atoms with van der Waals surface area (Å²) in [4.78, 5) is 39.7. The van der Waals surface area contributed by atoms with E-state index in [0.29, 0.717) is 24.4 Å². The van der Waals surface area contributed by atoms with Gasteiger partial charge in [-0.3, -0.25) is 19.3 Å². The molecule has 1 saturated heterocycles. The van der Waals surface area contributed by atoms with Crippen molar-refractivity contribution < 1.29 is 19.1 Å². The second-order valence-corrected chi connectivity index (χ2v) is 7.13. The predicted octanol–water partition coefficient (Wildman–Crippen LogP) is 3.36. The Kier molecular flexibility index (Phi) is 6.66. The molecule has 0 unspecified atom stereocenters. The van der Waals surface area contributed by atoms with Gasteiger partial charge in [0, 0.05) is 23.1 Å². The maximum atomic E-state index is 12.5. The van der Waals surface area contributed by atoms with E-state index in [9.17, 15) is 14.4 Å². The molecule has 134 valence electrons. The van der Waals surface area contributed by atoms with Gasteiger partial charge in [0.1, 0.15) is 12.3 Å². The molecule has 25 heavy (non-hydrogen) atoms. The smallest absolute Gasteiger partial charge is 0.294 e. The van der Waals surface area contributed by atoms with E-state index in [-0.39, 0.29) is 17.4 Å². The summed E-state index contributed by atoms with van der Waals surface area (Å²) in [5, 5.41) is -0.439. The van der Waals surface area contributed by atoms with Gasteiger partial charge in [0.25, 0.3) is 11.1 Å². The molecule has 1 fully saturated rings. The van der Waals surface area contributed by atoms with Crippen LogP contribution in [0.5, 0.6) is 5.75 Å². The topological polar surface area (TPSA) is 66.9 Å². The third-order valence-electron chi connectivity index (χ3n) is 3.76. The normalized spacial score (nSPS) is 15.8. The van der Waals surface area contributed by atoms with E-state index in [1.54, 1.807) is 23.1 Å². The van der Waals surface area contributed by atoms with Gasteiger partial charge < -0.3 is 9.64 Å². The second-order valence-electron chi connectivity index (χ2n) is 5.22. The van der Waals surface area contributed by atoms with Crippen LogP contribution in [0.1, 0.15) is 19.4 Å². The Balaban J connectivity index is 2.24. The minimum absolute atomic E-state index is 0.237. The van der Waals surface area contributed by atoms with E-state index < -0.39 is 11.1 Å². The first-order valence-electron chi connectivity index (χ1n) is 7.77. The number of carbonyl (C=O) groups is 3. The van der Waals surface area contributed by atoms with E-state index >= 15 is 0 Å². The number of halogens is 1. The molecule has 3 amide bonds. The van der Waals surface area contributed by atoms with E-state index in [2.05, 4.69) is 15.9 Å². The fraction of sp³-hybridized carbons (Fsp3) is 0.353. The summed E-state index contributed by atoms with van der Waals surface area (Å²) >= 11 is 4.20. The number of carbonyl (C=O) groups excluding carboxylic acids is 3. The number of likely N-dealkylation sites (N-methyl/N-ethyl adjacent to an activating group) is 1. The number of methoxy groups -OCH3 is 1. The third-order valence-corrected chi connectivity index (χ3v) is 5.16. The summed E-state index contributed by atoms with van der Waals surface area (Å²) in [7, 11) is 1.54. The molecule has 0 bridgehead atoms. The van der Waals surface area contributed by atoms with Crippen molar-refractivity contribution in [2.45, 2.75) is 13.8 Å². The molecule has 0 atom stereocenters. The maximum absolute atomic E-state index is 12.5. The lowest BCUT2D eigenvalue weighted by Crippen LogP contribution is -2.41. The second kappa shape index (κ2) is 8.53. The SMILES string of the molecule is CCN(CC)C(=O)CN1C(=O)S/C(=C\c2cc(Br)ccc2OC)C1=O. The van der Waals surface area contributed by atoms with Gasteiger partial charge in [0.05, 0.1) is 12.0 Å². The minimum atomic E-state index is -0.461. The molecule has 1 aliphatic heterocycles. The third kappa shape index (κ3) is 4.43. The molecule has 1 aromatic rings. The number of hydrogen-bond acceptors (Lipinski definition) is 5. The molecule has 1 aliphatic rings. The molecule has 6 nitrogen and oxygen atoms in total. The number of imide groups is 1. The Bertz CT molecular complexity index is 731. The number of hydrogen-bond donors (Lipinski definition) is 0. The molecule has 0 aliphatic carbocycles. The first-order chi connectivity index (χ1) is 11.9. The van der Waals surface area contributed by atoms with Gasteiger partial charge in [-0.2, -0.15) is 0 Å². The van der Waals surface area contributed by atoms with Gasteiger partial charge in [0.15, 0.2) is 0 Å². The van der Waals surface area contributed by atoms with Crippen molar-refractivity contribution in [2.75, 3.05) is 26.7 Å². The van der Waals surface area contributed by atoms with Crippen LogP contribution in [0.15, 0.2) is 27.6 Å². The zero-order valence-corrected chi connectivity index (χ0v) is 16.6. The average Bonchev–Trinajstić information content (AvgIpc) is 2.84. The highest BCUT2D eigenvalue weighted by molar-refractivity contribution is 9.10. The molecule has 1 aromatic carbocycles. The van der Waals surface area contributed by atoms with Crippen molar-refractivity contribution >= 4 is 50.8 Å². The first kappa shape index (κ1) is 19.5. The van der Waals surface area contributed by atoms with Crippen LogP contribution < -0.4 is 4.74 Å². The van der Waals surface area contributed by atoms with Gasteiger partial charge in [-0.05, 0) is 49.9 Å². The summed E-state index contributed by atoms with van der Waals surface area (Å²) in [5.74, 6) is -0.111. The monoisotopic (exact) mass is 426 g/mol. The lowest BCUT2D eigenvalue weighted by atomic mass is 10.2. The van der Waals surface area contributed by atoms with Crippen LogP contribution in [0.3, 0.4) is 0 Å². The molecule has 0 saturated carbocycles. The molecule has 1 heterocycles. The van der Waals surface area contributed by atoms with Crippen molar-refractivity contribution in [3.63, 3.8) is 0 Å². The Morgan fingerprint density at radius 3 is 2.60 bits per heavy atom. The van der Waals surface area contributed by atoms with E-state index in [1.807, 2.05) is 19.9 Å². The number of ether oxygens (including phenoxy) is 1. The van der Waals surface area contributed by atoms with Crippen molar-refractivity contribution in [3.8, 4) is 5.75 Å². The van der Waals surface area contributed by atoms with Gasteiger partial charge in [0.2, 0.25) is 5.91 Å². The molecule has 0 radical (unpaired) electrons. The van der Waals surface area contributed by atoms with Crippen LogP contribution >= 0.6 is 27.7 Å². The predicted molar refractivity (Wildman–Crippen MR) is 101 cm³/mol. The van der Waals surface area contributed by atoms with Crippen LogP contribution in [-0.2, 0) is 9.59 Å².